The van der Waals surface area contributed by atoms with Gasteiger partial charge in [0.2, 0.25) is 0 Å². The average Bonchev–Trinajstić information content (AvgIpc) is 2.55. The van der Waals surface area contributed by atoms with Gasteiger partial charge in [-0.2, -0.15) is 5.10 Å². The molecule has 6 heteroatoms. The summed E-state index contributed by atoms with van der Waals surface area (Å²) >= 11 is 11.8. The van der Waals surface area contributed by atoms with E-state index in [2.05, 4.69) is 15.5 Å². The van der Waals surface area contributed by atoms with Crippen molar-refractivity contribution < 1.29 is 4.79 Å². The molecule has 0 saturated heterocycles. The van der Waals surface area contributed by atoms with Crippen molar-refractivity contribution in [3.63, 3.8) is 0 Å². The fourth-order valence-corrected chi connectivity index (χ4v) is 2.62. The quantitative estimate of drug-likeness (QED) is 0.569. The standard InChI is InChI=1S/C17H11Cl2N3O/c18-13-6-7-14(15(19)9-13)17(23)22-21-10-12-4-1-3-11-5-2-8-20-16(11)12/h1-10H,(H,22,23)/b21-10-. The monoisotopic (exact) mass is 343 g/mol. The number of para-hydroxylation sites is 1. The molecule has 1 N–H and O–H groups in total. The van der Waals surface area contributed by atoms with Gasteiger partial charge in [0.05, 0.1) is 22.3 Å². The number of fused-ring (bicyclic) bond motifs is 1. The van der Waals surface area contributed by atoms with Gasteiger partial charge in [-0.1, -0.05) is 47.5 Å². The van der Waals surface area contributed by atoms with E-state index in [1.165, 1.54) is 6.07 Å². The first-order valence-electron chi connectivity index (χ1n) is 6.77. The van der Waals surface area contributed by atoms with Crippen LogP contribution in [0.15, 0.2) is 59.8 Å². The first kappa shape index (κ1) is 15.5. The molecular formula is C17H11Cl2N3O. The molecule has 3 rings (SSSR count). The number of pyridine rings is 1. The molecule has 23 heavy (non-hydrogen) atoms. The third-order valence-corrected chi connectivity index (χ3v) is 3.76. The van der Waals surface area contributed by atoms with Crippen molar-refractivity contribution in [2.45, 2.75) is 0 Å². The molecule has 3 aromatic rings. The summed E-state index contributed by atoms with van der Waals surface area (Å²) in [7, 11) is 0. The van der Waals surface area contributed by atoms with E-state index in [1.807, 2.05) is 30.3 Å². The van der Waals surface area contributed by atoms with Crippen molar-refractivity contribution in [1.29, 1.82) is 0 Å². The Bertz CT molecular complexity index is 904. The summed E-state index contributed by atoms with van der Waals surface area (Å²) in [4.78, 5) is 16.4. The summed E-state index contributed by atoms with van der Waals surface area (Å²) in [6, 6.07) is 14.2. The van der Waals surface area contributed by atoms with E-state index in [9.17, 15) is 4.79 Å². The van der Waals surface area contributed by atoms with Gasteiger partial charge in [0.1, 0.15) is 0 Å². The molecule has 114 valence electrons. The Morgan fingerprint density at radius 3 is 2.78 bits per heavy atom. The Balaban J connectivity index is 1.79. The zero-order chi connectivity index (χ0) is 16.2. The highest BCUT2D eigenvalue weighted by Gasteiger charge is 2.09. The van der Waals surface area contributed by atoms with E-state index in [-0.39, 0.29) is 5.02 Å². The second-order valence-electron chi connectivity index (χ2n) is 4.75. The Labute approximate surface area is 142 Å². The highest BCUT2D eigenvalue weighted by molar-refractivity contribution is 6.36. The molecule has 0 unspecified atom stereocenters. The van der Waals surface area contributed by atoms with Crippen molar-refractivity contribution in [3.8, 4) is 0 Å². The molecule has 0 fully saturated rings. The lowest BCUT2D eigenvalue weighted by molar-refractivity contribution is 0.0955. The van der Waals surface area contributed by atoms with Crippen LogP contribution in [0.2, 0.25) is 10.0 Å². The summed E-state index contributed by atoms with van der Waals surface area (Å²) in [5.41, 5.74) is 4.39. The molecule has 0 aliphatic heterocycles. The molecule has 0 radical (unpaired) electrons. The molecule has 1 amide bonds. The van der Waals surface area contributed by atoms with Crippen LogP contribution in [0.4, 0.5) is 0 Å². The number of carbonyl (C=O) groups is 1. The Hall–Kier alpha value is -2.43. The van der Waals surface area contributed by atoms with Crippen LogP contribution in [0.25, 0.3) is 10.9 Å². The molecule has 0 spiro atoms. The minimum atomic E-state index is -0.406. The molecule has 0 aliphatic carbocycles. The largest absolute Gasteiger partial charge is 0.272 e. The van der Waals surface area contributed by atoms with Crippen LogP contribution >= 0.6 is 23.2 Å². The number of hydrogen-bond donors (Lipinski definition) is 1. The molecule has 0 bridgehead atoms. The van der Waals surface area contributed by atoms with Gasteiger partial charge < -0.3 is 0 Å². The van der Waals surface area contributed by atoms with Gasteiger partial charge >= 0.3 is 0 Å². The maximum atomic E-state index is 12.1. The SMILES string of the molecule is O=C(N/N=C\c1cccc2cccnc12)c1ccc(Cl)cc1Cl. The van der Waals surface area contributed by atoms with Crippen LogP contribution in [0.5, 0.6) is 0 Å². The van der Waals surface area contributed by atoms with Gasteiger partial charge in [0.15, 0.2) is 0 Å². The smallest absolute Gasteiger partial charge is 0.267 e. The van der Waals surface area contributed by atoms with Crippen LogP contribution < -0.4 is 5.43 Å². The predicted molar refractivity (Wildman–Crippen MR) is 93.3 cm³/mol. The molecule has 0 aliphatic rings. The van der Waals surface area contributed by atoms with Crippen LogP contribution in [-0.2, 0) is 0 Å². The molecule has 1 heterocycles. The van der Waals surface area contributed by atoms with Gasteiger partial charge in [-0.3, -0.25) is 9.78 Å². The van der Waals surface area contributed by atoms with Gasteiger partial charge in [0.25, 0.3) is 5.91 Å². The van der Waals surface area contributed by atoms with Gasteiger partial charge in [0, 0.05) is 22.2 Å². The second kappa shape index (κ2) is 6.77. The fraction of sp³-hybridized carbons (Fsp3) is 0. The maximum Gasteiger partial charge on any atom is 0.272 e. The third kappa shape index (κ3) is 3.50. The number of carbonyl (C=O) groups excluding carboxylic acids is 1. The number of nitrogens with zero attached hydrogens (tertiary/aromatic N) is 2. The maximum absolute atomic E-state index is 12.1. The van der Waals surface area contributed by atoms with E-state index < -0.39 is 5.91 Å². The summed E-state index contributed by atoms with van der Waals surface area (Å²) in [6.07, 6.45) is 3.27. The number of halogens is 2. The number of rotatable bonds is 3. The topological polar surface area (TPSA) is 54.4 Å². The van der Waals surface area contributed by atoms with Crippen molar-refractivity contribution in [2.75, 3.05) is 0 Å². The number of hydrogen-bond acceptors (Lipinski definition) is 3. The zero-order valence-electron chi connectivity index (χ0n) is 11.8. The fourth-order valence-electron chi connectivity index (χ4n) is 2.13. The number of hydrazone groups is 1. The number of aromatic nitrogens is 1. The third-order valence-electron chi connectivity index (χ3n) is 3.21. The first-order chi connectivity index (χ1) is 11.1. The molecular weight excluding hydrogens is 333 g/mol. The first-order valence-corrected chi connectivity index (χ1v) is 7.53. The minimum absolute atomic E-state index is 0.275. The highest BCUT2D eigenvalue weighted by atomic mass is 35.5. The van der Waals surface area contributed by atoms with Crippen LogP contribution in [0.1, 0.15) is 15.9 Å². The van der Waals surface area contributed by atoms with E-state index in [4.69, 9.17) is 23.2 Å². The van der Waals surface area contributed by atoms with Crippen LogP contribution in [-0.4, -0.2) is 17.1 Å². The summed E-state index contributed by atoms with van der Waals surface area (Å²) < 4.78 is 0. The second-order valence-corrected chi connectivity index (χ2v) is 5.59. The summed E-state index contributed by atoms with van der Waals surface area (Å²) in [5.74, 6) is -0.406. The summed E-state index contributed by atoms with van der Waals surface area (Å²) in [5, 5.41) is 5.72. The number of benzene rings is 2. The molecule has 4 nitrogen and oxygen atoms in total. The lowest BCUT2D eigenvalue weighted by Crippen LogP contribution is -2.18. The van der Waals surface area contributed by atoms with E-state index in [0.29, 0.717) is 10.6 Å². The van der Waals surface area contributed by atoms with E-state index in [1.54, 1.807) is 24.5 Å². The lowest BCUT2D eigenvalue weighted by Gasteiger charge is -2.03. The normalized spacial score (nSPS) is 11.0. The molecule has 0 atom stereocenters. The average molecular weight is 344 g/mol. The Morgan fingerprint density at radius 2 is 1.96 bits per heavy atom. The van der Waals surface area contributed by atoms with Crippen LogP contribution in [0, 0.1) is 0 Å². The van der Waals surface area contributed by atoms with Gasteiger partial charge in [-0.05, 0) is 24.3 Å². The molecule has 1 aromatic heterocycles. The van der Waals surface area contributed by atoms with E-state index in [0.717, 1.165) is 16.5 Å². The molecule has 0 saturated carbocycles. The highest BCUT2D eigenvalue weighted by Crippen LogP contribution is 2.20. The Kier molecular flexibility index (Phi) is 4.55. The minimum Gasteiger partial charge on any atom is -0.267 e. The van der Waals surface area contributed by atoms with E-state index >= 15 is 0 Å². The van der Waals surface area contributed by atoms with Crippen LogP contribution in [0.3, 0.4) is 0 Å². The predicted octanol–water partition coefficient (Wildman–Crippen LogP) is 4.31. The van der Waals surface area contributed by atoms with Gasteiger partial charge in [-0.25, -0.2) is 5.43 Å². The van der Waals surface area contributed by atoms with Crippen molar-refractivity contribution in [3.05, 3.63) is 75.9 Å². The number of nitrogens with one attached hydrogen (secondary N) is 1. The van der Waals surface area contributed by atoms with Crippen molar-refractivity contribution in [2.24, 2.45) is 5.10 Å². The molecule has 2 aromatic carbocycles. The van der Waals surface area contributed by atoms with Gasteiger partial charge in [-0.15, -0.1) is 0 Å². The summed E-state index contributed by atoms with van der Waals surface area (Å²) in [6.45, 7) is 0. The zero-order valence-corrected chi connectivity index (χ0v) is 13.3. The van der Waals surface area contributed by atoms with Crippen molar-refractivity contribution >= 4 is 46.2 Å². The number of amides is 1. The Morgan fingerprint density at radius 1 is 1.13 bits per heavy atom. The lowest BCUT2D eigenvalue weighted by atomic mass is 10.1. The van der Waals surface area contributed by atoms with Crippen molar-refractivity contribution in [1.82, 2.24) is 10.4 Å².